The van der Waals surface area contributed by atoms with Gasteiger partial charge in [0.05, 0.1) is 5.92 Å². The van der Waals surface area contributed by atoms with Gasteiger partial charge in [0.15, 0.2) is 11.6 Å². The van der Waals surface area contributed by atoms with Crippen molar-refractivity contribution in [2.75, 3.05) is 0 Å². The van der Waals surface area contributed by atoms with E-state index < -0.39 is 11.9 Å². The fourth-order valence-electron chi connectivity index (χ4n) is 10.3. The highest BCUT2D eigenvalue weighted by Crippen LogP contribution is 2.88. The second-order valence-electron chi connectivity index (χ2n) is 13.8. The van der Waals surface area contributed by atoms with Crippen molar-refractivity contribution in [2.24, 2.45) is 50.7 Å². The molecule has 0 bridgehead atoms. The van der Waals surface area contributed by atoms with Gasteiger partial charge in [-0.1, -0.05) is 39.3 Å². The Labute approximate surface area is 204 Å². The monoisotopic (exact) mass is 466 g/mol. The van der Waals surface area contributed by atoms with E-state index in [2.05, 4.69) is 33.8 Å². The predicted molar refractivity (Wildman–Crippen MR) is 132 cm³/mol. The maximum atomic E-state index is 12.7. The normalized spacial score (nSPS) is 46.4. The van der Waals surface area contributed by atoms with Gasteiger partial charge in [-0.15, -0.1) is 0 Å². The molecule has 0 aromatic rings. The quantitative estimate of drug-likeness (QED) is 0.476. The first-order chi connectivity index (χ1) is 15.8. The molecule has 0 aromatic heterocycles. The van der Waals surface area contributed by atoms with Crippen LogP contribution in [0.5, 0.6) is 0 Å². The third-order valence-corrected chi connectivity index (χ3v) is 12.1. The molecular weight excluding hydrogens is 424 g/mol. The molecule has 4 saturated carbocycles. The second kappa shape index (κ2) is 7.17. The molecule has 186 valence electrons. The summed E-state index contributed by atoms with van der Waals surface area (Å²) in [6.07, 6.45) is 13.4. The van der Waals surface area contributed by atoms with Crippen LogP contribution in [0.15, 0.2) is 23.8 Å². The molecule has 1 unspecified atom stereocenters. The minimum Gasteiger partial charge on any atom is -0.481 e. The molecule has 4 fully saturated rings. The largest absolute Gasteiger partial charge is 0.481 e. The molecule has 5 aliphatic rings. The van der Waals surface area contributed by atoms with Gasteiger partial charge in [0.25, 0.3) is 0 Å². The number of carboxylic acids is 1. The van der Waals surface area contributed by atoms with Crippen LogP contribution in [0.2, 0.25) is 0 Å². The van der Waals surface area contributed by atoms with Crippen LogP contribution in [0, 0.1) is 50.7 Å². The summed E-state index contributed by atoms with van der Waals surface area (Å²) in [7, 11) is 0. The summed E-state index contributed by atoms with van der Waals surface area (Å²) in [5.41, 5.74) is 1.07. The molecule has 0 heterocycles. The fraction of sp³-hybridized carbons (Fsp3) is 0.767. The van der Waals surface area contributed by atoms with Gasteiger partial charge in [0.2, 0.25) is 0 Å². The smallest absolute Gasteiger partial charge is 0.307 e. The minimum atomic E-state index is -0.812. The summed E-state index contributed by atoms with van der Waals surface area (Å²) in [4.78, 5) is 37.8. The highest BCUT2D eigenvalue weighted by atomic mass is 16.4. The van der Waals surface area contributed by atoms with E-state index in [0.717, 1.165) is 44.1 Å². The lowest BCUT2D eigenvalue weighted by Crippen LogP contribution is -2.56. The molecule has 4 heteroatoms. The van der Waals surface area contributed by atoms with E-state index >= 15 is 0 Å². The summed E-state index contributed by atoms with van der Waals surface area (Å²) in [5, 5.41) is 10.2. The lowest BCUT2D eigenvalue weighted by atomic mass is 9.42. The van der Waals surface area contributed by atoms with Gasteiger partial charge in [-0.3, -0.25) is 14.4 Å². The maximum Gasteiger partial charge on any atom is 0.307 e. The molecule has 1 N–H and O–H groups in total. The zero-order valence-electron chi connectivity index (χ0n) is 21.9. The molecule has 0 aromatic carbocycles. The van der Waals surface area contributed by atoms with Crippen molar-refractivity contribution in [2.45, 2.75) is 92.9 Å². The van der Waals surface area contributed by atoms with Crippen LogP contribution < -0.4 is 0 Å². The predicted octanol–water partition coefficient (Wildman–Crippen LogP) is 6.40. The Bertz CT molecular complexity index is 1010. The van der Waals surface area contributed by atoms with E-state index in [4.69, 9.17) is 0 Å². The number of aliphatic carboxylic acids is 1. The van der Waals surface area contributed by atoms with Crippen LogP contribution in [-0.4, -0.2) is 22.6 Å². The van der Waals surface area contributed by atoms with Crippen molar-refractivity contribution < 1.29 is 19.5 Å². The number of rotatable bonds is 5. The zero-order valence-corrected chi connectivity index (χ0v) is 21.9. The highest BCUT2D eigenvalue weighted by molar-refractivity contribution is 5.96. The molecule has 5 aliphatic carbocycles. The van der Waals surface area contributed by atoms with Crippen LogP contribution in [0.4, 0.5) is 0 Å². The number of carbonyl (C=O) groups excluding carboxylic acids is 2. The Balaban J connectivity index is 1.48. The average Bonchev–Trinajstić information content (AvgIpc) is 3.32. The maximum absolute atomic E-state index is 12.7. The summed E-state index contributed by atoms with van der Waals surface area (Å²) < 4.78 is 0. The number of carboxylic acid groups (broad SMARTS) is 1. The third kappa shape index (κ3) is 2.80. The van der Waals surface area contributed by atoms with E-state index in [1.807, 2.05) is 19.9 Å². The number of hydrogen-bond donors (Lipinski definition) is 1. The molecule has 0 saturated heterocycles. The molecule has 0 radical (unpaired) electrons. The fourth-order valence-corrected chi connectivity index (χ4v) is 10.3. The zero-order chi connectivity index (χ0) is 24.9. The lowest BCUT2D eigenvalue weighted by molar-refractivity contribution is -0.156. The van der Waals surface area contributed by atoms with Crippen molar-refractivity contribution in [1.82, 2.24) is 0 Å². The first-order valence-corrected chi connectivity index (χ1v) is 13.4. The van der Waals surface area contributed by atoms with Gasteiger partial charge in [-0.25, -0.2) is 0 Å². The Morgan fingerprint density at radius 2 is 1.71 bits per heavy atom. The van der Waals surface area contributed by atoms with Crippen molar-refractivity contribution in [1.29, 1.82) is 0 Å². The van der Waals surface area contributed by atoms with E-state index in [1.165, 1.54) is 6.42 Å². The van der Waals surface area contributed by atoms with E-state index in [1.54, 1.807) is 6.08 Å². The first kappa shape index (κ1) is 24.0. The lowest BCUT2D eigenvalue weighted by Gasteiger charge is -2.61. The van der Waals surface area contributed by atoms with Gasteiger partial charge in [0, 0.05) is 11.8 Å². The van der Waals surface area contributed by atoms with Gasteiger partial charge in [-0.2, -0.15) is 0 Å². The van der Waals surface area contributed by atoms with Crippen LogP contribution in [0.1, 0.15) is 92.9 Å². The third-order valence-electron chi connectivity index (χ3n) is 12.1. The summed E-state index contributed by atoms with van der Waals surface area (Å²) in [6.45, 7) is 12.9. The number of hydrogen-bond acceptors (Lipinski definition) is 3. The summed E-state index contributed by atoms with van der Waals surface area (Å²) >= 11 is 0. The van der Waals surface area contributed by atoms with Gasteiger partial charge < -0.3 is 5.11 Å². The molecule has 0 aliphatic heterocycles. The van der Waals surface area contributed by atoms with Crippen LogP contribution >= 0.6 is 0 Å². The second-order valence-corrected chi connectivity index (χ2v) is 13.8. The van der Waals surface area contributed by atoms with Crippen molar-refractivity contribution in [3.63, 3.8) is 0 Å². The summed E-state index contributed by atoms with van der Waals surface area (Å²) in [5.74, 6) is -0.175. The molecule has 8 atom stereocenters. The van der Waals surface area contributed by atoms with Gasteiger partial charge in [-0.05, 0) is 110 Å². The van der Waals surface area contributed by atoms with E-state index in [9.17, 15) is 19.5 Å². The number of fused-ring (bicyclic) bond motifs is 2. The standard InChI is InChI=1S/C30H42O4/c1-18(2)15-19(31)16-20(25(33)34)21-9-11-28(6)23-8-7-22-26(3,4)24(32)10-12-29(22)17-30(23,29)14-13-27(21,28)5/h10,12,15,20-23H,7-9,11,13-14,16-17H2,1-6H3,(H,33,34)/t20?,21-,22+,23+,27-,28+,29-,30+/m1/s1. The first-order valence-electron chi connectivity index (χ1n) is 13.4. The van der Waals surface area contributed by atoms with Gasteiger partial charge in [0.1, 0.15) is 0 Å². The van der Waals surface area contributed by atoms with Crippen LogP contribution in [0.25, 0.3) is 0 Å². The molecule has 34 heavy (non-hydrogen) atoms. The Kier molecular flexibility index (Phi) is 5.06. The van der Waals surface area contributed by atoms with Crippen LogP contribution in [-0.2, 0) is 14.4 Å². The number of carbonyl (C=O) groups is 3. The molecular formula is C30H42O4. The molecule has 4 nitrogen and oxygen atoms in total. The number of allylic oxidation sites excluding steroid dienone is 4. The average molecular weight is 467 g/mol. The van der Waals surface area contributed by atoms with E-state index in [-0.39, 0.29) is 51.0 Å². The summed E-state index contributed by atoms with van der Waals surface area (Å²) in [6, 6.07) is 0. The SMILES string of the molecule is CC(C)=CC(=O)CC(C(=O)O)[C@H]1CC[C@@]2(C)[C@@H]3CC[C@H]4C(C)(C)C(=O)C=C[C@@]45C[C@@]35CC[C@]12C. The van der Waals surface area contributed by atoms with Crippen molar-refractivity contribution >= 4 is 17.5 Å². The van der Waals surface area contributed by atoms with Crippen molar-refractivity contribution in [3.05, 3.63) is 23.8 Å². The Morgan fingerprint density at radius 1 is 1.03 bits per heavy atom. The Hall–Kier alpha value is -1.71. The topological polar surface area (TPSA) is 71.4 Å². The Morgan fingerprint density at radius 3 is 2.35 bits per heavy atom. The molecule has 0 amide bonds. The van der Waals surface area contributed by atoms with Crippen LogP contribution in [0.3, 0.4) is 0 Å². The molecule has 5 rings (SSSR count). The highest BCUT2D eigenvalue weighted by Gasteiger charge is 2.81. The molecule has 2 spiro atoms. The minimum absolute atomic E-state index is 0.0363. The van der Waals surface area contributed by atoms with Crippen molar-refractivity contribution in [3.8, 4) is 0 Å². The number of ketones is 2. The van der Waals surface area contributed by atoms with E-state index in [0.29, 0.717) is 11.8 Å². The van der Waals surface area contributed by atoms with Gasteiger partial charge >= 0.3 is 5.97 Å².